The minimum absolute atomic E-state index is 0.132. The molecule has 3 heterocycles. The van der Waals surface area contributed by atoms with Crippen LogP contribution in [0.2, 0.25) is 0 Å². The molecule has 0 aliphatic carbocycles. The second-order valence-electron chi connectivity index (χ2n) is 4.23. The minimum Gasteiger partial charge on any atom is -0.388 e. The van der Waals surface area contributed by atoms with Gasteiger partial charge < -0.3 is 15.1 Å². The van der Waals surface area contributed by atoms with Gasteiger partial charge >= 0.3 is 0 Å². The molecule has 1 aliphatic rings. The number of amides is 1. The zero-order valence-electron chi connectivity index (χ0n) is 9.75. The molecule has 3 rings (SSSR count). The van der Waals surface area contributed by atoms with Crippen molar-refractivity contribution in [2.45, 2.75) is 12.2 Å². The highest BCUT2D eigenvalue weighted by molar-refractivity contribution is 7.12. The topological polar surface area (TPSA) is 104 Å². The first-order valence-corrected chi connectivity index (χ1v) is 6.51. The largest absolute Gasteiger partial charge is 0.388 e. The highest BCUT2D eigenvalue weighted by Crippen LogP contribution is 2.24. The predicted molar refractivity (Wildman–Crippen MR) is 64.9 cm³/mol. The molecule has 0 unspecified atom stereocenters. The maximum Gasteiger partial charge on any atom is 0.266 e. The van der Waals surface area contributed by atoms with Crippen LogP contribution in [-0.4, -0.2) is 66.5 Å². The molecule has 0 spiro atoms. The number of carbonyl (C=O) groups excluding carboxylic acids is 1. The third-order valence-electron chi connectivity index (χ3n) is 2.98. The number of aromatic nitrogens is 4. The summed E-state index contributed by atoms with van der Waals surface area (Å²) in [6, 6.07) is 1.75. The first kappa shape index (κ1) is 12.2. The molecule has 8 nitrogen and oxygen atoms in total. The number of aliphatic hydroxyl groups excluding tert-OH is 2. The van der Waals surface area contributed by atoms with Crippen molar-refractivity contribution in [2.24, 2.45) is 0 Å². The van der Waals surface area contributed by atoms with E-state index in [0.717, 1.165) is 0 Å². The van der Waals surface area contributed by atoms with Crippen molar-refractivity contribution in [1.29, 1.82) is 0 Å². The van der Waals surface area contributed by atoms with E-state index >= 15 is 0 Å². The van der Waals surface area contributed by atoms with E-state index in [-0.39, 0.29) is 19.0 Å². The van der Waals surface area contributed by atoms with Gasteiger partial charge in [0.25, 0.3) is 5.91 Å². The summed E-state index contributed by atoms with van der Waals surface area (Å²) in [5.41, 5.74) is 0.593. The van der Waals surface area contributed by atoms with E-state index in [0.29, 0.717) is 10.6 Å². The lowest BCUT2D eigenvalue weighted by molar-refractivity contribution is 0.0572. The van der Waals surface area contributed by atoms with Crippen LogP contribution in [0.15, 0.2) is 17.8 Å². The molecule has 1 fully saturated rings. The molecular formula is C10H11N5O3S. The molecule has 1 aliphatic heterocycles. The Morgan fingerprint density at radius 1 is 1.37 bits per heavy atom. The number of likely N-dealkylation sites (tertiary alicyclic amines) is 1. The first-order valence-electron chi connectivity index (χ1n) is 5.63. The van der Waals surface area contributed by atoms with Gasteiger partial charge in [-0.2, -0.15) is 4.68 Å². The summed E-state index contributed by atoms with van der Waals surface area (Å²) in [4.78, 5) is 14.3. The molecule has 1 saturated heterocycles. The third kappa shape index (κ3) is 2.11. The van der Waals surface area contributed by atoms with Crippen molar-refractivity contribution in [1.82, 2.24) is 25.1 Å². The average molecular weight is 281 g/mol. The van der Waals surface area contributed by atoms with Crippen LogP contribution < -0.4 is 0 Å². The SMILES string of the molecule is O=C(c1sccc1-n1cnnn1)N1C[C@@H](O)[C@@H](O)C1. The smallest absolute Gasteiger partial charge is 0.266 e. The molecule has 0 saturated carbocycles. The molecule has 2 aromatic heterocycles. The summed E-state index contributed by atoms with van der Waals surface area (Å²) in [6.45, 7) is 0.264. The number of hydrogen-bond donors (Lipinski definition) is 2. The molecule has 0 bridgehead atoms. The summed E-state index contributed by atoms with van der Waals surface area (Å²) in [7, 11) is 0. The molecular weight excluding hydrogens is 270 g/mol. The van der Waals surface area contributed by atoms with E-state index < -0.39 is 12.2 Å². The lowest BCUT2D eigenvalue weighted by Crippen LogP contribution is -2.29. The molecule has 2 atom stereocenters. The Balaban J connectivity index is 1.87. The summed E-state index contributed by atoms with van der Waals surface area (Å²) in [5.74, 6) is -0.240. The van der Waals surface area contributed by atoms with E-state index in [1.165, 1.54) is 27.2 Å². The molecule has 2 aromatic rings. The molecule has 9 heteroatoms. The van der Waals surface area contributed by atoms with E-state index in [1.807, 2.05) is 0 Å². The number of carbonyl (C=O) groups is 1. The third-order valence-corrected chi connectivity index (χ3v) is 3.87. The monoisotopic (exact) mass is 281 g/mol. The highest BCUT2D eigenvalue weighted by Gasteiger charge is 2.34. The van der Waals surface area contributed by atoms with Crippen molar-refractivity contribution in [3.8, 4) is 5.69 Å². The molecule has 1 amide bonds. The van der Waals surface area contributed by atoms with Crippen LogP contribution in [0.5, 0.6) is 0 Å². The van der Waals surface area contributed by atoms with Gasteiger partial charge in [0.1, 0.15) is 11.2 Å². The molecule has 2 N–H and O–H groups in total. The second kappa shape index (κ2) is 4.68. The van der Waals surface area contributed by atoms with Crippen molar-refractivity contribution >= 4 is 17.2 Å². The summed E-state index contributed by atoms with van der Waals surface area (Å²) in [5, 5.41) is 31.6. The Morgan fingerprint density at radius 3 is 2.74 bits per heavy atom. The van der Waals surface area contributed by atoms with Gasteiger partial charge in [0.15, 0.2) is 0 Å². The fourth-order valence-corrected chi connectivity index (χ4v) is 2.84. The standard InChI is InChI=1S/C10H11N5O3S/c16-7-3-14(4-8(7)17)10(18)9-6(1-2-19-9)15-5-11-12-13-15/h1-2,5,7-8,16-17H,3-4H2/t7-,8+. The van der Waals surface area contributed by atoms with Crippen LogP contribution >= 0.6 is 11.3 Å². The van der Waals surface area contributed by atoms with Gasteiger partial charge in [-0.1, -0.05) is 0 Å². The molecule has 0 aromatic carbocycles. The van der Waals surface area contributed by atoms with Gasteiger partial charge in [-0.25, -0.2) is 0 Å². The highest BCUT2D eigenvalue weighted by atomic mass is 32.1. The number of hydrogen-bond acceptors (Lipinski definition) is 7. The zero-order chi connectivity index (χ0) is 13.4. The Bertz CT molecular complexity index is 574. The predicted octanol–water partition coefficient (Wildman–Crippen LogP) is -1.10. The summed E-state index contributed by atoms with van der Waals surface area (Å²) in [6.07, 6.45) is -0.368. The van der Waals surface area contributed by atoms with Crippen LogP contribution in [0.3, 0.4) is 0 Å². The maximum atomic E-state index is 12.3. The van der Waals surface area contributed by atoms with E-state index in [9.17, 15) is 15.0 Å². The van der Waals surface area contributed by atoms with Crippen molar-refractivity contribution < 1.29 is 15.0 Å². The van der Waals surface area contributed by atoms with Gasteiger partial charge in [0.2, 0.25) is 0 Å². The van der Waals surface area contributed by atoms with Crippen LogP contribution in [0.25, 0.3) is 5.69 Å². The molecule has 0 radical (unpaired) electrons. The van der Waals surface area contributed by atoms with Gasteiger partial charge in [-0.05, 0) is 21.9 Å². The van der Waals surface area contributed by atoms with Crippen molar-refractivity contribution in [3.63, 3.8) is 0 Å². The zero-order valence-corrected chi connectivity index (χ0v) is 10.6. The second-order valence-corrected chi connectivity index (χ2v) is 5.15. The van der Waals surface area contributed by atoms with Gasteiger partial charge in [0, 0.05) is 13.1 Å². The normalized spacial score (nSPS) is 22.9. The van der Waals surface area contributed by atoms with Crippen LogP contribution in [0.4, 0.5) is 0 Å². The Kier molecular flexibility index (Phi) is 3.01. The fourth-order valence-electron chi connectivity index (χ4n) is 1.99. The Morgan fingerprint density at radius 2 is 2.11 bits per heavy atom. The number of rotatable bonds is 2. The quantitative estimate of drug-likeness (QED) is 0.724. The number of tetrazole rings is 1. The number of aliphatic hydroxyl groups is 2. The minimum atomic E-state index is -0.889. The van der Waals surface area contributed by atoms with Gasteiger partial charge in [-0.15, -0.1) is 16.4 Å². The lowest BCUT2D eigenvalue weighted by atomic mass is 10.3. The summed E-state index contributed by atoms with van der Waals surface area (Å²) >= 11 is 1.27. The number of nitrogens with zero attached hydrogens (tertiary/aromatic N) is 5. The van der Waals surface area contributed by atoms with Gasteiger partial charge in [-0.3, -0.25) is 4.79 Å². The van der Waals surface area contributed by atoms with Crippen LogP contribution in [0, 0.1) is 0 Å². The number of β-amino-alcohol motifs (C(OH)–C–C–N with tert-alkyl or cyclic N) is 2. The summed E-state index contributed by atoms with van der Waals surface area (Å²) < 4.78 is 1.41. The van der Waals surface area contributed by atoms with E-state index in [2.05, 4.69) is 15.5 Å². The Labute approximate surface area is 111 Å². The number of thiophene rings is 1. The molecule has 19 heavy (non-hydrogen) atoms. The van der Waals surface area contributed by atoms with Crippen LogP contribution in [0.1, 0.15) is 9.67 Å². The lowest BCUT2D eigenvalue weighted by Gasteiger charge is -2.14. The Hall–Kier alpha value is -1.84. The maximum absolute atomic E-state index is 12.3. The molecule has 100 valence electrons. The van der Waals surface area contributed by atoms with E-state index in [4.69, 9.17) is 0 Å². The van der Waals surface area contributed by atoms with Crippen molar-refractivity contribution in [3.05, 3.63) is 22.7 Å². The fraction of sp³-hybridized carbons (Fsp3) is 0.400. The van der Waals surface area contributed by atoms with Gasteiger partial charge in [0.05, 0.1) is 17.9 Å². The van der Waals surface area contributed by atoms with E-state index in [1.54, 1.807) is 11.4 Å². The first-order chi connectivity index (χ1) is 9.16. The average Bonchev–Trinajstić information content (AvgIpc) is 3.09. The van der Waals surface area contributed by atoms with Crippen molar-refractivity contribution in [2.75, 3.05) is 13.1 Å². The van der Waals surface area contributed by atoms with Crippen LogP contribution in [-0.2, 0) is 0 Å².